The van der Waals surface area contributed by atoms with E-state index in [2.05, 4.69) is 52.1 Å². The summed E-state index contributed by atoms with van der Waals surface area (Å²) < 4.78 is 5.06. The molecule has 1 aromatic heterocycles. The molecule has 0 amide bonds. The predicted octanol–water partition coefficient (Wildman–Crippen LogP) is 4.72. The lowest BCUT2D eigenvalue weighted by Gasteiger charge is -2.16. The lowest BCUT2D eigenvalue weighted by atomic mass is 9.87. The molecule has 0 aliphatic heterocycles. The zero-order valence-corrected chi connectivity index (χ0v) is 12.5. The van der Waals surface area contributed by atoms with Crippen molar-refractivity contribution in [2.24, 2.45) is 5.41 Å². The average Bonchev–Trinajstić information content (AvgIpc) is 2.58. The van der Waals surface area contributed by atoms with Crippen LogP contribution in [0.2, 0.25) is 0 Å². The van der Waals surface area contributed by atoms with E-state index in [1.807, 2.05) is 17.8 Å². The monoisotopic (exact) mass is 253 g/mol. The second-order valence-electron chi connectivity index (χ2n) is 6.54. The van der Waals surface area contributed by atoms with Crippen molar-refractivity contribution in [2.75, 3.05) is 5.75 Å². The second-order valence-corrected chi connectivity index (χ2v) is 7.43. The van der Waals surface area contributed by atoms with Crippen LogP contribution < -0.4 is 0 Å². The van der Waals surface area contributed by atoms with Gasteiger partial charge in [-0.15, -0.1) is 11.8 Å². The van der Waals surface area contributed by atoms with E-state index in [0.29, 0.717) is 5.41 Å². The maximum Gasteiger partial charge on any atom is 0.128 e. The third-order valence-corrected chi connectivity index (χ3v) is 3.61. The number of hydrogen-bond acceptors (Lipinski definition) is 3. The van der Waals surface area contributed by atoms with Gasteiger partial charge >= 0.3 is 0 Å². The smallest absolute Gasteiger partial charge is 0.128 e. The van der Waals surface area contributed by atoms with Gasteiger partial charge in [0.1, 0.15) is 12.0 Å². The van der Waals surface area contributed by atoms with Crippen molar-refractivity contribution in [3.63, 3.8) is 0 Å². The Balaban J connectivity index is 2.64. The van der Waals surface area contributed by atoms with Gasteiger partial charge in [-0.2, -0.15) is 0 Å². The van der Waals surface area contributed by atoms with Gasteiger partial charge in [-0.3, -0.25) is 0 Å². The van der Waals surface area contributed by atoms with Crippen LogP contribution in [0.5, 0.6) is 0 Å². The van der Waals surface area contributed by atoms with E-state index in [9.17, 15) is 0 Å². The highest BCUT2D eigenvalue weighted by atomic mass is 32.2. The summed E-state index contributed by atoms with van der Waals surface area (Å²) in [6.45, 7) is 13.2. The fourth-order valence-electron chi connectivity index (χ4n) is 1.34. The molecule has 0 bridgehead atoms. The van der Waals surface area contributed by atoms with Crippen LogP contribution in [0.4, 0.5) is 0 Å². The van der Waals surface area contributed by atoms with Crippen molar-refractivity contribution in [1.29, 1.82) is 0 Å². The third kappa shape index (κ3) is 4.99. The molecular formula is C14H23NOS. The second kappa shape index (κ2) is 5.30. The van der Waals surface area contributed by atoms with Crippen molar-refractivity contribution in [3.8, 4) is 0 Å². The maximum atomic E-state index is 5.06. The summed E-state index contributed by atoms with van der Waals surface area (Å²) in [4.78, 5) is 0. The summed E-state index contributed by atoms with van der Waals surface area (Å²) in [7, 11) is 0. The SMILES string of the molecule is CC(C)(C)CSC=Cc1nocc1C(C)(C)C. The molecule has 1 heterocycles. The van der Waals surface area contributed by atoms with Crippen molar-refractivity contribution in [3.05, 3.63) is 22.9 Å². The molecule has 0 aliphatic carbocycles. The fraction of sp³-hybridized carbons (Fsp3) is 0.643. The summed E-state index contributed by atoms with van der Waals surface area (Å²) in [6, 6.07) is 0. The van der Waals surface area contributed by atoms with Crippen LogP contribution >= 0.6 is 11.8 Å². The number of rotatable bonds is 3. The Morgan fingerprint density at radius 2 is 1.88 bits per heavy atom. The van der Waals surface area contributed by atoms with Gasteiger partial charge in [0, 0.05) is 11.3 Å². The Labute approximate surface area is 109 Å². The number of hydrogen-bond donors (Lipinski definition) is 0. The molecule has 0 saturated heterocycles. The van der Waals surface area contributed by atoms with E-state index in [-0.39, 0.29) is 5.41 Å². The van der Waals surface area contributed by atoms with E-state index in [1.54, 1.807) is 6.26 Å². The Kier molecular flexibility index (Phi) is 4.48. The van der Waals surface area contributed by atoms with Crippen LogP contribution in [0.3, 0.4) is 0 Å². The van der Waals surface area contributed by atoms with E-state index in [4.69, 9.17) is 4.52 Å². The molecule has 1 aromatic rings. The molecule has 0 aliphatic rings. The van der Waals surface area contributed by atoms with Gasteiger partial charge in [-0.05, 0) is 22.3 Å². The molecule has 96 valence electrons. The van der Waals surface area contributed by atoms with Gasteiger partial charge in [0.2, 0.25) is 0 Å². The molecule has 0 spiro atoms. The summed E-state index contributed by atoms with van der Waals surface area (Å²) in [5.41, 5.74) is 2.53. The summed E-state index contributed by atoms with van der Waals surface area (Å²) in [6.07, 6.45) is 3.79. The minimum absolute atomic E-state index is 0.0777. The van der Waals surface area contributed by atoms with Gasteiger partial charge in [0.25, 0.3) is 0 Å². The molecule has 2 nitrogen and oxygen atoms in total. The maximum absolute atomic E-state index is 5.06. The molecule has 0 radical (unpaired) electrons. The van der Waals surface area contributed by atoms with Crippen LogP contribution in [-0.2, 0) is 5.41 Å². The van der Waals surface area contributed by atoms with Gasteiger partial charge < -0.3 is 4.52 Å². The van der Waals surface area contributed by atoms with Crippen molar-refractivity contribution >= 4 is 17.8 Å². The van der Waals surface area contributed by atoms with E-state index in [0.717, 1.165) is 17.0 Å². The normalized spacial score (nSPS) is 13.5. The molecule has 0 N–H and O–H groups in total. The number of aromatic nitrogens is 1. The molecule has 0 unspecified atom stereocenters. The van der Waals surface area contributed by atoms with Gasteiger partial charge in [0.15, 0.2) is 0 Å². The van der Waals surface area contributed by atoms with Crippen LogP contribution in [0, 0.1) is 5.41 Å². The van der Waals surface area contributed by atoms with Gasteiger partial charge in [0.05, 0.1) is 0 Å². The highest BCUT2D eigenvalue weighted by Crippen LogP contribution is 2.27. The van der Waals surface area contributed by atoms with Crippen LogP contribution in [0.1, 0.15) is 52.8 Å². The topological polar surface area (TPSA) is 26.0 Å². The zero-order chi connectivity index (χ0) is 13.1. The minimum Gasteiger partial charge on any atom is -0.364 e. The van der Waals surface area contributed by atoms with Crippen LogP contribution in [0.15, 0.2) is 16.2 Å². The molecule has 17 heavy (non-hydrogen) atoms. The molecule has 0 atom stereocenters. The zero-order valence-electron chi connectivity index (χ0n) is 11.7. The first-order valence-corrected chi connectivity index (χ1v) is 6.98. The van der Waals surface area contributed by atoms with Gasteiger partial charge in [-0.1, -0.05) is 46.7 Å². The summed E-state index contributed by atoms with van der Waals surface area (Å²) in [5, 5.41) is 6.15. The van der Waals surface area contributed by atoms with Crippen molar-refractivity contribution < 1.29 is 4.52 Å². The largest absolute Gasteiger partial charge is 0.364 e. The molecular weight excluding hydrogens is 230 g/mol. The number of thioether (sulfide) groups is 1. The van der Waals surface area contributed by atoms with E-state index in [1.165, 1.54) is 0 Å². The molecule has 1 rings (SSSR count). The molecule has 3 heteroatoms. The van der Waals surface area contributed by atoms with Crippen molar-refractivity contribution in [2.45, 2.75) is 47.0 Å². The first-order chi connectivity index (χ1) is 7.70. The highest BCUT2D eigenvalue weighted by molar-refractivity contribution is 8.02. The van der Waals surface area contributed by atoms with Gasteiger partial charge in [-0.25, -0.2) is 0 Å². The predicted molar refractivity (Wildman–Crippen MR) is 76.2 cm³/mol. The third-order valence-electron chi connectivity index (χ3n) is 2.24. The minimum atomic E-state index is 0.0777. The quantitative estimate of drug-likeness (QED) is 0.779. The average molecular weight is 253 g/mol. The Bertz CT molecular complexity index is 380. The molecule has 0 aromatic carbocycles. The summed E-state index contributed by atoms with van der Waals surface area (Å²) >= 11 is 1.82. The Hall–Kier alpha value is -0.700. The molecule has 0 saturated carbocycles. The van der Waals surface area contributed by atoms with E-state index < -0.39 is 0 Å². The first-order valence-electron chi connectivity index (χ1n) is 5.93. The Morgan fingerprint density at radius 1 is 1.24 bits per heavy atom. The summed E-state index contributed by atoms with van der Waals surface area (Å²) in [5.74, 6) is 1.10. The van der Waals surface area contributed by atoms with Crippen molar-refractivity contribution in [1.82, 2.24) is 5.16 Å². The van der Waals surface area contributed by atoms with Crippen LogP contribution in [0.25, 0.3) is 6.08 Å². The Morgan fingerprint density at radius 3 is 2.41 bits per heavy atom. The number of nitrogens with zero attached hydrogens (tertiary/aromatic N) is 1. The highest BCUT2D eigenvalue weighted by Gasteiger charge is 2.20. The first kappa shape index (κ1) is 14.4. The molecule has 0 fully saturated rings. The lowest BCUT2D eigenvalue weighted by Crippen LogP contribution is -2.11. The lowest BCUT2D eigenvalue weighted by molar-refractivity contribution is 0.415. The fourth-order valence-corrected chi connectivity index (χ4v) is 2.16. The van der Waals surface area contributed by atoms with E-state index >= 15 is 0 Å². The van der Waals surface area contributed by atoms with Crippen LogP contribution in [-0.4, -0.2) is 10.9 Å². The standard InChI is InChI=1S/C14H23NOS/c1-13(2,3)10-17-8-7-12-11(9-16-15-12)14(4,5)6/h7-9H,10H2,1-6H3.